The number of nitrogen functional groups attached to an aromatic ring is 1. The molecule has 6 nitrogen and oxygen atoms in total. The van der Waals surface area contributed by atoms with Crippen molar-refractivity contribution in [3.05, 3.63) is 46.3 Å². The van der Waals surface area contributed by atoms with Crippen LogP contribution < -0.4 is 11.1 Å². The standard InChI is InChI=1S/C21H24N4O2S2/c1-21(2)10-14-15(11-27-21)29-19-17(14)18(22)24-20(25-19)28-12-16(26)23-9-8-13-6-4-3-5-7-13/h3-7H,8-12H2,1-2H3,(H,23,26)(H2,22,24,25). The van der Waals surface area contributed by atoms with Crippen molar-refractivity contribution >= 4 is 45.0 Å². The number of thioether (sulfide) groups is 1. The zero-order chi connectivity index (χ0) is 20.4. The molecule has 0 spiro atoms. The van der Waals surface area contributed by atoms with Gasteiger partial charge in [0.25, 0.3) is 0 Å². The molecule has 0 unspecified atom stereocenters. The number of carbonyl (C=O) groups excluding carboxylic acids is 1. The quantitative estimate of drug-likeness (QED) is 0.461. The van der Waals surface area contributed by atoms with Gasteiger partial charge in [-0.05, 0) is 31.4 Å². The van der Waals surface area contributed by atoms with Crippen molar-refractivity contribution in [3.8, 4) is 0 Å². The topological polar surface area (TPSA) is 90.1 Å². The average molecular weight is 429 g/mol. The van der Waals surface area contributed by atoms with E-state index < -0.39 is 0 Å². The number of nitrogens with two attached hydrogens (primary N) is 1. The molecule has 3 aromatic rings. The van der Waals surface area contributed by atoms with Crippen LogP contribution in [0.15, 0.2) is 35.5 Å². The second-order valence-corrected chi connectivity index (χ2v) is 9.70. The maximum atomic E-state index is 12.2. The molecule has 0 saturated heterocycles. The molecule has 29 heavy (non-hydrogen) atoms. The van der Waals surface area contributed by atoms with Crippen molar-refractivity contribution in [3.63, 3.8) is 0 Å². The van der Waals surface area contributed by atoms with Crippen LogP contribution in [-0.2, 0) is 29.0 Å². The third kappa shape index (κ3) is 4.71. The molecule has 0 fully saturated rings. The van der Waals surface area contributed by atoms with E-state index in [1.165, 1.54) is 27.8 Å². The Morgan fingerprint density at radius 3 is 2.90 bits per heavy atom. The Balaban J connectivity index is 1.38. The molecule has 3 N–H and O–H groups in total. The van der Waals surface area contributed by atoms with Crippen LogP contribution in [0.3, 0.4) is 0 Å². The van der Waals surface area contributed by atoms with Crippen molar-refractivity contribution in [1.29, 1.82) is 0 Å². The number of fused-ring (bicyclic) bond motifs is 3. The van der Waals surface area contributed by atoms with E-state index >= 15 is 0 Å². The first-order chi connectivity index (χ1) is 13.9. The zero-order valence-electron chi connectivity index (χ0n) is 16.5. The number of benzene rings is 1. The van der Waals surface area contributed by atoms with Gasteiger partial charge in [0.2, 0.25) is 5.91 Å². The lowest BCUT2D eigenvalue weighted by molar-refractivity contribution is -0.118. The number of ether oxygens (including phenoxy) is 1. The summed E-state index contributed by atoms with van der Waals surface area (Å²) in [4.78, 5) is 23.3. The minimum Gasteiger partial charge on any atom is -0.383 e. The summed E-state index contributed by atoms with van der Waals surface area (Å²) in [6.45, 7) is 5.35. The third-order valence-corrected chi connectivity index (χ3v) is 6.80. The van der Waals surface area contributed by atoms with Gasteiger partial charge in [-0.15, -0.1) is 11.3 Å². The average Bonchev–Trinajstić information content (AvgIpc) is 3.04. The van der Waals surface area contributed by atoms with E-state index in [1.807, 2.05) is 18.2 Å². The second-order valence-electron chi connectivity index (χ2n) is 7.67. The van der Waals surface area contributed by atoms with Gasteiger partial charge < -0.3 is 15.8 Å². The summed E-state index contributed by atoms with van der Waals surface area (Å²) < 4.78 is 5.90. The Kier molecular flexibility index (Phi) is 5.76. The van der Waals surface area contributed by atoms with Crippen LogP contribution in [-0.4, -0.2) is 33.8 Å². The first-order valence-corrected chi connectivity index (χ1v) is 11.4. The molecule has 0 atom stereocenters. The number of amides is 1. The maximum Gasteiger partial charge on any atom is 0.230 e. The number of thiophene rings is 1. The molecule has 1 aliphatic heterocycles. The minimum absolute atomic E-state index is 0.0335. The fourth-order valence-corrected chi connectivity index (χ4v) is 5.24. The first kappa shape index (κ1) is 20.1. The Morgan fingerprint density at radius 2 is 2.10 bits per heavy atom. The van der Waals surface area contributed by atoms with Crippen LogP contribution in [0.4, 0.5) is 5.82 Å². The van der Waals surface area contributed by atoms with E-state index in [4.69, 9.17) is 10.5 Å². The lowest BCUT2D eigenvalue weighted by Gasteiger charge is -2.30. The molecule has 0 saturated carbocycles. The smallest absolute Gasteiger partial charge is 0.230 e. The Bertz CT molecular complexity index is 1030. The highest BCUT2D eigenvalue weighted by atomic mass is 32.2. The predicted octanol–water partition coefficient (Wildman–Crippen LogP) is 3.58. The summed E-state index contributed by atoms with van der Waals surface area (Å²) in [5.41, 5.74) is 8.46. The van der Waals surface area contributed by atoms with Crippen molar-refractivity contribution in [2.24, 2.45) is 0 Å². The summed E-state index contributed by atoms with van der Waals surface area (Å²) in [5, 5.41) is 4.42. The highest BCUT2D eigenvalue weighted by Gasteiger charge is 2.30. The SMILES string of the molecule is CC1(C)Cc2c(sc3nc(SCC(=O)NCCc4ccccc4)nc(N)c23)CO1. The number of anilines is 1. The number of rotatable bonds is 6. The molecule has 1 amide bonds. The maximum absolute atomic E-state index is 12.2. The van der Waals surface area contributed by atoms with Gasteiger partial charge in [0, 0.05) is 17.8 Å². The van der Waals surface area contributed by atoms with Gasteiger partial charge in [-0.3, -0.25) is 4.79 Å². The number of hydrogen-bond donors (Lipinski definition) is 2. The van der Waals surface area contributed by atoms with Gasteiger partial charge >= 0.3 is 0 Å². The van der Waals surface area contributed by atoms with Crippen LogP contribution in [0.2, 0.25) is 0 Å². The van der Waals surface area contributed by atoms with Gasteiger partial charge in [-0.1, -0.05) is 42.1 Å². The normalized spacial score (nSPS) is 15.2. The predicted molar refractivity (Wildman–Crippen MR) is 118 cm³/mol. The molecule has 3 heterocycles. The highest BCUT2D eigenvalue weighted by Crippen LogP contribution is 2.40. The fourth-order valence-electron chi connectivity index (χ4n) is 3.39. The Labute approximate surface area is 178 Å². The lowest BCUT2D eigenvalue weighted by atomic mass is 9.94. The molecule has 4 rings (SSSR count). The van der Waals surface area contributed by atoms with Crippen molar-refractivity contribution in [2.45, 2.75) is 44.1 Å². The number of nitrogens with zero attached hydrogens (tertiary/aromatic N) is 2. The summed E-state index contributed by atoms with van der Waals surface area (Å²) in [7, 11) is 0. The van der Waals surface area contributed by atoms with Crippen LogP contribution >= 0.6 is 23.1 Å². The van der Waals surface area contributed by atoms with Gasteiger partial charge in [-0.2, -0.15) is 0 Å². The summed E-state index contributed by atoms with van der Waals surface area (Å²) in [5.74, 6) is 0.715. The number of aromatic nitrogens is 2. The van der Waals surface area contributed by atoms with E-state index in [0.29, 0.717) is 24.1 Å². The first-order valence-electron chi connectivity index (χ1n) is 9.56. The van der Waals surface area contributed by atoms with E-state index in [1.54, 1.807) is 11.3 Å². The summed E-state index contributed by atoms with van der Waals surface area (Å²) in [6, 6.07) is 10.1. The van der Waals surface area contributed by atoms with E-state index in [2.05, 4.69) is 41.3 Å². The Hall–Kier alpha value is -2.16. The van der Waals surface area contributed by atoms with Crippen LogP contribution in [0.5, 0.6) is 0 Å². The molecule has 152 valence electrons. The molecule has 0 radical (unpaired) electrons. The molecule has 0 aliphatic carbocycles. The zero-order valence-corrected chi connectivity index (χ0v) is 18.2. The van der Waals surface area contributed by atoms with Crippen molar-refractivity contribution in [2.75, 3.05) is 18.0 Å². The monoisotopic (exact) mass is 428 g/mol. The highest BCUT2D eigenvalue weighted by molar-refractivity contribution is 7.99. The van der Waals surface area contributed by atoms with E-state index in [9.17, 15) is 4.79 Å². The van der Waals surface area contributed by atoms with Crippen LogP contribution in [0, 0.1) is 0 Å². The molecule has 1 aliphatic rings. The molecule has 8 heteroatoms. The van der Waals surface area contributed by atoms with Gasteiger partial charge in [-0.25, -0.2) is 9.97 Å². The minimum atomic E-state index is -0.210. The Morgan fingerprint density at radius 1 is 1.31 bits per heavy atom. The van der Waals surface area contributed by atoms with E-state index in [0.717, 1.165) is 23.1 Å². The molecular formula is C21H24N4O2S2. The van der Waals surface area contributed by atoms with Gasteiger partial charge in [0.05, 0.1) is 23.3 Å². The number of hydrogen-bond acceptors (Lipinski definition) is 7. The second kappa shape index (κ2) is 8.30. The molecule has 1 aromatic carbocycles. The van der Waals surface area contributed by atoms with Crippen molar-refractivity contribution < 1.29 is 9.53 Å². The third-order valence-electron chi connectivity index (χ3n) is 4.85. The van der Waals surface area contributed by atoms with Crippen LogP contribution in [0.25, 0.3) is 10.2 Å². The van der Waals surface area contributed by atoms with Crippen molar-refractivity contribution in [1.82, 2.24) is 15.3 Å². The molecular weight excluding hydrogens is 404 g/mol. The summed E-state index contributed by atoms with van der Waals surface area (Å²) in [6.07, 6.45) is 1.61. The largest absolute Gasteiger partial charge is 0.383 e. The van der Waals surface area contributed by atoms with Crippen LogP contribution in [0.1, 0.15) is 29.9 Å². The van der Waals surface area contributed by atoms with E-state index in [-0.39, 0.29) is 17.3 Å². The molecule has 0 bridgehead atoms. The van der Waals surface area contributed by atoms with Gasteiger partial charge in [0.15, 0.2) is 5.16 Å². The number of carbonyl (C=O) groups is 1. The lowest BCUT2D eigenvalue weighted by Crippen LogP contribution is -2.31. The summed E-state index contributed by atoms with van der Waals surface area (Å²) >= 11 is 2.92. The fraction of sp³-hybridized carbons (Fsp3) is 0.381. The molecule has 2 aromatic heterocycles. The number of nitrogens with one attached hydrogen (secondary N) is 1. The van der Waals surface area contributed by atoms with Gasteiger partial charge in [0.1, 0.15) is 10.6 Å².